The third kappa shape index (κ3) is 7.92. The molecule has 1 saturated carbocycles. The van der Waals surface area contributed by atoms with Crippen molar-refractivity contribution >= 4 is 57.9 Å². The number of aromatic nitrogens is 2. The molecule has 2 N–H and O–H groups in total. The molecule has 0 atom stereocenters. The normalized spacial score (nSPS) is 17.8. The first-order valence-corrected chi connectivity index (χ1v) is 20.8. The van der Waals surface area contributed by atoms with Crippen molar-refractivity contribution in [1.82, 2.24) is 14.9 Å². The Hall–Kier alpha value is -6.75. The van der Waals surface area contributed by atoms with Crippen LogP contribution in [0.5, 0.6) is 0 Å². The number of pyridine rings is 2. The van der Waals surface area contributed by atoms with E-state index in [9.17, 15) is 4.39 Å². The standard InChI is InChI=1S/C48H45FN10/c49-35-18-16-34(17-19-35)46-56-47-54-42(38-21-15-33(27-32-11-3-1-4-12-32)28-40(38)52-44-13-5-7-23-50-44)30-37-31-43(55-48(57-46)59(37)47)39-22-20-36(58-25-9-2-10-26-58)29-41(39)53-45-14-6-8-24-51-45/h5-8,13-24,28-32H,1-4,9-12,25-27H2,(H,50,52)(H,51,53). The second-order valence-corrected chi connectivity index (χ2v) is 15.7. The highest BCUT2D eigenvalue weighted by Gasteiger charge is 2.34. The van der Waals surface area contributed by atoms with E-state index in [0.717, 1.165) is 76.4 Å². The summed E-state index contributed by atoms with van der Waals surface area (Å²) in [4.78, 5) is 33.9. The van der Waals surface area contributed by atoms with Gasteiger partial charge in [0.25, 0.3) is 0 Å². The molecule has 0 amide bonds. The second-order valence-electron chi connectivity index (χ2n) is 15.7. The van der Waals surface area contributed by atoms with Gasteiger partial charge >= 0.3 is 0 Å². The van der Waals surface area contributed by atoms with Crippen molar-refractivity contribution in [3.8, 4) is 0 Å². The van der Waals surface area contributed by atoms with Crippen LogP contribution in [0.4, 0.5) is 33.1 Å². The lowest BCUT2D eigenvalue weighted by Gasteiger charge is -2.33. The Morgan fingerprint density at radius 2 is 1.32 bits per heavy atom. The molecule has 6 heterocycles. The van der Waals surface area contributed by atoms with Crippen LogP contribution in [0.3, 0.4) is 0 Å². The SMILES string of the molecule is Fc1ccc(C2=NC3=NC(c4ccc(N5CCCCC5)cc4Nc4ccccn4)=CC4=CC(c5ccc(CC6CCCCC6)cc5Nc5ccccn5)=NC(=N2)N43)cc1. The van der Waals surface area contributed by atoms with E-state index in [4.69, 9.17) is 20.0 Å². The van der Waals surface area contributed by atoms with E-state index < -0.39 is 0 Å². The van der Waals surface area contributed by atoms with Crippen molar-refractivity contribution in [1.29, 1.82) is 0 Å². The van der Waals surface area contributed by atoms with Crippen molar-refractivity contribution in [2.75, 3.05) is 28.6 Å². The van der Waals surface area contributed by atoms with Crippen LogP contribution in [-0.2, 0) is 6.42 Å². The summed E-state index contributed by atoms with van der Waals surface area (Å²) in [5, 5.41) is 7.22. The number of guanidine groups is 2. The van der Waals surface area contributed by atoms with E-state index in [1.54, 1.807) is 24.5 Å². The van der Waals surface area contributed by atoms with Gasteiger partial charge in [-0.05, 0) is 122 Å². The van der Waals surface area contributed by atoms with Gasteiger partial charge in [0.2, 0.25) is 11.9 Å². The molecule has 10 nitrogen and oxygen atoms in total. The Bertz CT molecular complexity index is 2550. The lowest BCUT2D eigenvalue weighted by molar-refractivity contribution is 0.357. The van der Waals surface area contributed by atoms with Crippen molar-refractivity contribution < 1.29 is 4.39 Å². The van der Waals surface area contributed by atoms with Gasteiger partial charge < -0.3 is 15.5 Å². The quantitative estimate of drug-likeness (QED) is 0.146. The zero-order chi connectivity index (χ0) is 39.5. The number of hydrogen-bond acceptors (Lipinski definition) is 10. The first kappa shape index (κ1) is 36.6. The van der Waals surface area contributed by atoms with Crippen molar-refractivity contribution in [3.63, 3.8) is 0 Å². The van der Waals surface area contributed by atoms with E-state index in [0.29, 0.717) is 29.2 Å². The minimum absolute atomic E-state index is 0.330. The Kier molecular flexibility index (Phi) is 10.1. The smallest absolute Gasteiger partial charge is 0.239 e. The van der Waals surface area contributed by atoms with Crippen LogP contribution in [0.25, 0.3) is 5.70 Å². The monoisotopic (exact) mass is 780 g/mol. The lowest BCUT2D eigenvalue weighted by atomic mass is 9.84. The molecule has 1 saturated heterocycles. The number of anilines is 5. The predicted molar refractivity (Wildman–Crippen MR) is 237 cm³/mol. The van der Waals surface area contributed by atoms with Gasteiger partial charge in [0.05, 0.1) is 22.8 Å². The van der Waals surface area contributed by atoms with Crippen LogP contribution in [0.15, 0.2) is 147 Å². The van der Waals surface area contributed by atoms with Gasteiger partial charge in [0.15, 0.2) is 5.84 Å². The summed E-state index contributed by atoms with van der Waals surface area (Å²) in [7, 11) is 0. The second kappa shape index (κ2) is 16.2. The molecule has 1 aliphatic carbocycles. The van der Waals surface area contributed by atoms with Crippen LogP contribution >= 0.6 is 0 Å². The molecule has 5 aromatic rings. The molecule has 0 spiro atoms. The largest absolute Gasteiger partial charge is 0.371 e. The highest BCUT2D eigenvalue weighted by molar-refractivity contribution is 6.27. The maximum atomic E-state index is 14.1. The van der Waals surface area contributed by atoms with Crippen molar-refractivity contribution in [2.24, 2.45) is 25.9 Å². The van der Waals surface area contributed by atoms with Gasteiger partial charge in [-0.1, -0.05) is 56.4 Å². The van der Waals surface area contributed by atoms with E-state index in [1.807, 2.05) is 41.3 Å². The van der Waals surface area contributed by atoms with Crippen molar-refractivity contribution in [2.45, 2.75) is 57.8 Å². The zero-order valence-corrected chi connectivity index (χ0v) is 32.9. The number of nitrogens with zero attached hydrogens (tertiary/aromatic N) is 8. The van der Waals surface area contributed by atoms with Crippen LogP contribution in [0, 0.1) is 11.7 Å². The predicted octanol–water partition coefficient (Wildman–Crippen LogP) is 10.4. The van der Waals surface area contributed by atoms with E-state index in [1.165, 1.54) is 69.1 Å². The van der Waals surface area contributed by atoms with Gasteiger partial charge in [0.1, 0.15) is 17.5 Å². The lowest BCUT2D eigenvalue weighted by Crippen LogP contribution is -2.42. The van der Waals surface area contributed by atoms with Crippen molar-refractivity contribution in [3.05, 3.63) is 155 Å². The molecule has 3 aromatic carbocycles. The Balaban J connectivity index is 1.10. The fourth-order valence-electron chi connectivity index (χ4n) is 8.65. The summed E-state index contributed by atoms with van der Waals surface area (Å²) in [6, 6.07) is 31.1. The third-order valence-corrected chi connectivity index (χ3v) is 11.6. The topological polar surface area (TPSA) is 106 Å². The molecule has 2 aromatic heterocycles. The third-order valence-electron chi connectivity index (χ3n) is 11.6. The number of benzene rings is 3. The first-order chi connectivity index (χ1) is 29.1. The number of allylic oxidation sites excluding steroid dienone is 2. The Labute approximate surface area is 343 Å². The number of aliphatic imine (C=N–C) groups is 4. The van der Waals surface area contributed by atoms with E-state index >= 15 is 0 Å². The van der Waals surface area contributed by atoms with Crippen LogP contribution < -0.4 is 15.5 Å². The highest BCUT2D eigenvalue weighted by Crippen LogP contribution is 2.38. The van der Waals surface area contributed by atoms with Gasteiger partial charge in [-0.15, -0.1) is 0 Å². The maximum absolute atomic E-state index is 14.1. The number of hydrogen-bond donors (Lipinski definition) is 2. The number of nitrogens with one attached hydrogen (secondary N) is 2. The fourth-order valence-corrected chi connectivity index (χ4v) is 8.65. The molecule has 2 fully saturated rings. The molecular weight excluding hydrogens is 736 g/mol. The molecule has 0 unspecified atom stereocenters. The molecule has 59 heavy (non-hydrogen) atoms. The Morgan fingerprint density at radius 3 is 2.05 bits per heavy atom. The summed E-state index contributed by atoms with van der Waals surface area (Å²) < 4.78 is 14.1. The highest BCUT2D eigenvalue weighted by atomic mass is 19.1. The summed E-state index contributed by atoms with van der Waals surface area (Å²) in [6.45, 7) is 2.05. The number of amidine groups is 1. The van der Waals surface area contributed by atoms with E-state index in [-0.39, 0.29) is 5.82 Å². The summed E-state index contributed by atoms with van der Waals surface area (Å²) in [5.41, 5.74) is 9.05. The van der Waals surface area contributed by atoms with Crippen LogP contribution in [0.2, 0.25) is 0 Å². The van der Waals surface area contributed by atoms with Gasteiger partial charge in [0, 0.05) is 53.5 Å². The molecule has 5 aliphatic rings. The average molecular weight is 781 g/mol. The molecule has 10 rings (SSSR count). The number of rotatable bonds is 10. The molecule has 0 radical (unpaired) electrons. The molecule has 0 bridgehead atoms. The summed E-state index contributed by atoms with van der Waals surface area (Å²) in [6.07, 6.45) is 18.9. The van der Waals surface area contributed by atoms with Gasteiger partial charge in [-0.25, -0.2) is 29.2 Å². The average Bonchev–Trinajstić information content (AvgIpc) is 3.28. The summed E-state index contributed by atoms with van der Waals surface area (Å²) >= 11 is 0. The first-order valence-electron chi connectivity index (χ1n) is 20.8. The van der Waals surface area contributed by atoms with E-state index in [2.05, 4.69) is 74.1 Å². The minimum atomic E-state index is -0.330. The van der Waals surface area contributed by atoms with Crippen LogP contribution in [-0.4, -0.2) is 51.4 Å². The molecule has 294 valence electrons. The van der Waals surface area contributed by atoms with Gasteiger partial charge in [-0.3, -0.25) is 0 Å². The zero-order valence-electron chi connectivity index (χ0n) is 32.9. The summed E-state index contributed by atoms with van der Waals surface area (Å²) in [5.74, 6) is 3.12. The number of halogens is 1. The minimum Gasteiger partial charge on any atom is -0.371 e. The molecule has 4 aliphatic heterocycles. The van der Waals surface area contributed by atoms with Crippen LogP contribution in [0.1, 0.15) is 73.6 Å². The maximum Gasteiger partial charge on any atom is 0.239 e. The Morgan fingerprint density at radius 1 is 0.627 bits per heavy atom. The molecule has 11 heteroatoms. The molecular formula is C48H45FN10. The van der Waals surface area contributed by atoms with Gasteiger partial charge in [-0.2, -0.15) is 9.98 Å². The number of piperidine rings is 1. The fraction of sp³-hybridized carbons (Fsp3) is 0.250.